The number of aromatic amines is 1. The van der Waals surface area contributed by atoms with E-state index in [2.05, 4.69) is 41.1 Å². The first kappa shape index (κ1) is 28.7. The number of benzene rings is 2. The number of amides is 1. The van der Waals surface area contributed by atoms with Gasteiger partial charge in [0.15, 0.2) is 11.5 Å². The number of hydrogen-bond donors (Lipinski definition) is 2. The van der Waals surface area contributed by atoms with Gasteiger partial charge in [-0.1, -0.05) is 6.07 Å². The minimum Gasteiger partial charge on any atom is -0.493 e. The van der Waals surface area contributed by atoms with E-state index in [0.29, 0.717) is 12.5 Å². The van der Waals surface area contributed by atoms with Gasteiger partial charge in [-0.15, -0.1) is 12.4 Å². The fraction of sp³-hybridized carbons (Fsp3) is 0.483. The lowest BCUT2D eigenvalue weighted by molar-refractivity contribution is 0.0872. The molecule has 0 unspecified atom stereocenters. The number of hydrogen-bond acceptors (Lipinski definition) is 4. The Hall–Kier alpha value is -2.90. The Morgan fingerprint density at radius 1 is 1.08 bits per heavy atom. The third-order valence-electron chi connectivity index (χ3n) is 7.49. The summed E-state index contributed by atoms with van der Waals surface area (Å²) in [6, 6.07) is 12.8. The fourth-order valence-corrected chi connectivity index (χ4v) is 5.33. The van der Waals surface area contributed by atoms with Gasteiger partial charge >= 0.3 is 6.09 Å². The van der Waals surface area contributed by atoms with Crippen LogP contribution in [0.4, 0.5) is 4.79 Å². The van der Waals surface area contributed by atoms with E-state index in [9.17, 15) is 9.90 Å². The highest BCUT2D eigenvalue weighted by Crippen LogP contribution is 2.37. The molecule has 202 valence electrons. The Labute approximate surface area is 226 Å². The number of carbonyl (C=O) groups is 1. The highest BCUT2D eigenvalue weighted by Gasteiger charge is 2.28. The molecule has 3 aromatic rings. The number of H-pyrrole nitrogens is 1. The molecule has 4 rings (SSSR count). The summed E-state index contributed by atoms with van der Waals surface area (Å²) in [5, 5.41) is 10.8. The van der Waals surface area contributed by atoms with Crippen LogP contribution in [0.15, 0.2) is 36.4 Å². The molecule has 1 fully saturated rings. The second-order valence-corrected chi connectivity index (χ2v) is 10.7. The first-order valence-electron chi connectivity index (χ1n) is 12.7. The van der Waals surface area contributed by atoms with Crippen molar-refractivity contribution in [2.75, 3.05) is 40.4 Å². The molecule has 7 nitrogen and oxygen atoms in total. The molecular weight excluding hydrogens is 490 g/mol. The molecule has 1 aliphatic rings. The normalized spacial score (nSPS) is 14.9. The Balaban J connectivity index is 0.00000380. The fourth-order valence-electron chi connectivity index (χ4n) is 5.33. The van der Waals surface area contributed by atoms with E-state index in [4.69, 9.17) is 9.47 Å². The van der Waals surface area contributed by atoms with Crippen molar-refractivity contribution < 1.29 is 19.4 Å². The number of rotatable bonds is 7. The number of methoxy groups -OCH3 is 2. The molecule has 0 atom stereocenters. The number of nitrogens with one attached hydrogen (secondary N) is 1. The van der Waals surface area contributed by atoms with Gasteiger partial charge in [-0.2, -0.15) is 0 Å². The summed E-state index contributed by atoms with van der Waals surface area (Å²) in [5.74, 6) is 1.95. The predicted molar refractivity (Wildman–Crippen MR) is 152 cm³/mol. The topological polar surface area (TPSA) is 78.0 Å². The first-order valence-corrected chi connectivity index (χ1v) is 12.7. The van der Waals surface area contributed by atoms with Crippen molar-refractivity contribution in [3.63, 3.8) is 0 Å². The minimum absolute atomic E-state index is 0. The number of nitrogens with zero attached hydrogens (tertiary/aromatic N) is 2. The maximum Gasteiger partial charge on any atom is 0.407 e. The van der Waals surface area contributed by atoms with Crippen molar-refractivity contribution in [1.82, 2.24) is 14.8 Å². The van der Waals surface area contributed by atoms with Crippen molar-refractivity contribution in [3.05, 3.63) is 47.5 Å². The number of fused-ring (bicyclic) bond motifs is 1. The van der Waals surface area contributed by atoms with Crippen LogP contribution in [-0.4, -0.2) is 71.9 Å². The molecule has 2 aromatic carbocycles. The molecule has 1 aromatic heterocycles. The Kier molecular flexibility index (Phi) is 9.03. The summed E-state index contributed by atoms with van der Waals surface area (Å²) >= 11 is 0. The average Bonchev–Trinajstić information content (AvgIpc) is 3.18. The van der Waals surface area contributed by atoms with Crippen molar-refractivity contribution in [2.24, 2.45) is 0 Å². The predicted octanol–water partition coefficient (Wildman–Crippen LogP) is 6.54. The van der Waals surface area contributed by atoms with Crippen molar-refractivity contribution in [2.45, 2.75) is 52.0 Å². The van der Waals surface area contributed by atoms with Crippen LogP contribution in [0.25, 0.3) is 22.2 Å². The highest BCUT2D eigenvalue weighted by atomic mass is 35.5. The first-order chi connectivity index (χ1) is 17.1. The molecule has 1 aliphatic heterocycles. The van der Waals surface area contributed by atoms with Gasteiger partial charge in [-0.3, -0.25) is 0 Å². The van der Waals surface area contributed by atoms with Crippen LogP contribution >= 0.6 is 12.4 Å². The van der Waals surface area contributed by atoms with E-state index >= 15 is 0 Å². The summed E-state index contributed by atoms with van der Waals surface area (Å²) in [5.41, 5.74) is 5.53. The van der Waals surface area contributed by atoms with Gasteiger partial charge in [0.05, 0.1) is 14.2 Å². The van der Waals surface area contributed by atoms with Gasteiger partial charge in [0.1, 0.15) is 0 Å². The zero-order valence-corrected chi connectivity index (χ0v) is 23.6. The van der Waals surface area contributed by atoms with E-state index in [1.807, 2.05) is 32.9 Å². The molecule has 2 heterocycles. The molecule has 1 amide bonds. The Bertz CT molecular complexity index is 1230. The van der Waals surface area contributed by atoms with Crippen LogP contribution in [-0.2, 0) is 0 Å². The van der Waals surface area contributed by atoms with Crippen LogP contribution in [0, 0.1) is 6.92 Å². The molecule has 0 spiro atoms. The molecule has 8 heteroatoms. The van der Waals surface area contributed by atoms with E-state index in [1.54, 1.807) is 14.2 Å². The molecule has 0 aliphatic carbocycles. The van der Waals surface area contributed by atoms with Crippen molar-refractivity contribution >= 4 is 29.4 Å². The third-order valence-corrected chi connectivity index (χ3v) is 7.49. The molecule has 2 N–H and O–H groups in total. The number of likely N-dealkylation sites (tertiary alicyclic amines) is 1. The molecular formula is C29H40ClN3O4. The average molecular weight is 530 g/mol. The highest BCUT2D eigenvalue weighted by molar-refractivity contribution is 5.91. The van der Waals surface area contributed by atoms with Crippen LogP contribution in [0.3, 0.4) is 0 Å². The molecule has 37 heavy (non-hydrogen) atoms. The molecule has 0 saturated carbocycles. The van der Waals surface area contributed by atoms with Gasteiger partial charge in [0.25, 0.3) is 0 Å². The maximum atomic E-state index is 11.6. The van der Waals surface area contributed by atoms with E-state index in [-0.39, 0.29) is 17.9 Å². The maximum absolute atomic E-state index is 11.6. The summed E-state index contributed by atoms with van der Waals surface area (Å²) in [6.07, 6.45) is 1.32. The minimum atomic E-state index is -0.847. The SMILES string of the molecule is COc1ccc(-c2[nH]c3ccc(C4CCN(CCN(C(=O)O)C(C)(C)C)CC4)cc3c2C)cc1OC.Cl. The number of carboxylic acid groups (broad SMARTS) is 1. The van der Waals surface area contributed by atoms with Crippen molar-refractivity contribution in [1.29, 1.82) is 0 Å². The van der Waals surface area contributed by atoms with Crippen LogP contribution in [0.5, 0.6) is 11.5 Å². The van der Waals surface area contributed by atoms with Crippen LogP contribution < -0.4 is 9.47 Å². The largest absolute Gasteiger partial charge is 0.493 e. The lowest BCUT2D eigenvalue weighted by Gasteiger charge is -2.37. The van der Waals surface area contributed by atoms with Crippen LogP contribution in [0.2, 0.25) is 0 Å². The standard InChI is InChI=1S/C29H39N3O4.ClH/c1-19-23-17-21(20-11-13-31(14-12-20)15-16-32(28(33)34)29(2,3)4)7-9-24(23)30-27(19)22-8-10-25(35-5)26(18-22)36-6;/h7-10,17-18,20,30H,11-16H2,1-6H3,(H,33,34);1H. The summed E-state index contributed by atoms with van der Waals surface area (Å²) in [6.45, 7) is 11.3. The number of halogens is 1. The quantitative estimate of drug-likeness (QED) is 0.363. The lowest BCUT2D eigenvalue weighted by Crippen LogP contribution is -2.49. The Morgan fingerprint density at radius 3 is 2.35 bits per heavy atom. The van der Waals surface area contributed by atoms with Gasteiger partial charge in [-0.05, 0) is 101 Å². The zero-order chi connectivity index (χ0) is 26.0. The van der Waals surface area contributed by atoms with E-state index in [1.165, 1.54) is 21.4 Å². The van der Waals surface area contributed by atoms with Gasteiger partial charge < -0.3 is 29.4 Å². The smallest absolute Gasteiger partial charge is 0.407 e. The molecule has 1 saturated heterocycles. The van der Waals surface area contributed by atoms with E-state index in [0.717, 1.165) is 60.7 Å². The number of piperidine rings is 1. The second kappa shape index (κ2) is 11.7. The van der Waals surface area contributed by atoms with E-state index < -0.39 is 6.09 Å². The van der Waals surface area contributed by atoms with Gasteiger partial charge in [-0.25, -0.2) is 4.79 Å². The Morgan fingerprint density at radius 2 is 1.76 bits per heavy atom. The summed E-state index contributed by atoms with van der Waals surface area (Å²) < 4.78 is 10.9. The van der Waals surface area contributed by atoms with Crippen LogP contribution in [0.1, 0.15) is 50.7 Å². The zero-order valence-electron chi connectivity index (χ0n) is 22.8. The summed E-state index contributed by atoms with van der Waals surface area (Å²) in [4.78, 5) is 19.2. The molecule has 0 bridgehead atoms. The lowest BCUT2D eigenvalue weighted by atomic mass is 9.88. The van der Waals surface area contributed by atoms with Crippen molar-refractivity contribution in [3.8, 4) is 22.8 Å². The van der Waals surface area contributed by atoms with Gasteiger partial charge in [0, 0.05) is 40.8 Å². The number of ether oxygens (including phenoxy) is 2. The molecule has 0 radical (unpaired) electrons. The van der Waals surface area contributed by atoms with Gasteiger partial charge in [0.2, 0.25) is 0 Å². The second-order valence-electron chi connectivity index (χ2n) is 10.7. The number of aryl methyl sites for hydroxylation is 1. The number of aromatic nitrogens is 1. The monoisotopic (exact) mass is 529 g/mol. The summed E-state index contributed by atoms with van der Waals surface area (Å²) in [7, 11) is 3.30. The third kappa shape index (κ3) is 6.16.